The molecule has 2 aliphatic heterocycles. The minimum absolute atomic E-state index is 0.155. The number of imidazole rings is 1. The summed E-state index contributed by atoms with van der Waals surface area (Å²) in [6, 6.07) is 15.5. The Morgan fingerprint density at radius 3 is 2.51 bits per heavy atom. The van der Waals surface area contributed by atoms with Crippen molar-refractivity contribution in [3.05, 3.63) is 82.3 Å². The number of ether oxygens (including phenoxy) is 1. The molecular weight excluding hydrogens is 540 g/mol. The quantitative estimate of drug-likeness (QED) is 0.300. The van der Waals surface area contributed by atoms with Gasteiger partial charge in [-0.05, 0) is 66.9 Å². The number of hydrogen-bond acceptors (Lipinski definition) is 7. The summed E-state index contributed by atoms with van der Waals surface area (Å²) in [5.41, 5.74) is 5.25. The van der Waals surface area contributed by atoms with Gasteiger partial charge in [-0.1, -0.05) is 17.7 Å². The van der Waals surface area contributed by atoms with E-state index in [0.717, 1.165) is 86.2 Å². The molecule has 0 saturated carbocycles. The van der Waals surface area contributed by atoms with Gasteiger partial charge in [-0.25, -0.2) is 14.8 Å². The Kier molecular flexibility index (Phi) is 7.94. The largest absolute Gasteiger partial charge is 0.478 e. The summed E-state index contributed by atoms with van der Waals surface area (Å²) >= 11 is 6.51. The van der Waals surface area contributed by atoms with Crippen LogP contribution in [0.25, 0.3) is 11.0 Å². The van der Waals surface area contributed by atoms with Crippen LogP contribution in [0.15, 0.2) is 54.7 Å². The number of aryl methyl sites for hydroxylation is 1. The molecule has 9 nitrogen and oxygen atoms in total. The summed E-state index contributed by atoms with van der Waals surface area (Å²) in [6.07, 6.45) is 3.04. The van der Waals surface area contributed by atoms with Gasteiger partial charge in [0.2, 0.25) is 0 Å². The summed E-state index contributed by atoms with van der Waals surface area (Å²) < 4.78 is 7.87. The van der Waals surface area contributed by atoms with Crippen molar-refractivity contribution in [3.63, 3.8) is 0 Å². The van der Waals surface area contributed by atoms with Gasteiger partial charge in [-0.3, -0.25) is 9.80 Å². The van der Waals surface area contributed by atoms with E-state index in [1.807, 2.05) is 43.3 Å². The molecule has 0 amide bonds. The van der Waals surface area contributed by atoms with Crippen molar-refractivity contribution in [3.8, 4) is 0 Å². The highest BCUT2D eigenvalue weighted by atomic mass is 35.5. The molecule has 2 fully saturated rings. The number of halogens is 1. The second-order valence-electron chi connectivity index (χ2n) is 11.0. The van der Waals surface area contributed by atoms with Gasteiger partial charge in [0, 0.05) is 52.6 Å². The number of hydrogen-bond donors (Lipinski definition) is 1. The fourth-order valence-electron chi connectivity index (χ4n) is 5.58. The molecule has 214 valence electrons. The minimum Gasteiger partial charge on any atom is -0.478 e. The van der Waals surface area contributed by atoms with Crippen LogP contribution in [0, 0.1) is 6.92 Å². The lowest BCUT2D eigenvalue weighted by Crippen LogP contribution is -2.45. The maximum Gasteiger partial charge on any atom is 0.335 e. The zero-order chi connectivity index (χ0) is 28.5. The molecule has 0 bridgehead atoms. The molecule has 0 aliphatic carbocycles. The number of carboxylic acid groups (broad SMARTS) is 1. The fraction of sp³-hybridized carbons (Fsp3) is 0.387. The maximum atomic E-state index is 11.6. The average molecular weight is 575 g/mol. The molecule has 41 heavy (non-hydrogen) atoms. The third kappa shape index (κ3) is 6.08. The summed E-state index contributed by atoms with van der Waals surface area (Å²) in [7, 11) is 1.99. The fourth-order valence-corrected chi connectivity index (χ4v) is 5.94. The number of anilines is 2. The second-order valence-corrected chi connectivity index (χ2v) is 11.4. The van der Waals surface area contributed by atoms with Gasteiger partial charge < -0.3 is 19.3 Å². The minimum atomic E-state index is -0.927. The summed E-state index contributed by atoms with van der Waals surface area (Å²) in [6.45, 7) is 8.85. The highest BCUT2D eigenvalue weighted by Gasteiger charge is 2.25. The Morgan fingerprint density at radius 1 is 1.07 bits per heavy atom. The first-order valence-electron chi connectivity index (χ1n) is 14.1. The lowest BCUT2D eigenvalue weighted by molar-refractivity contribution is -0.0592. The highest BCUT2D eigenvalue weighted by molar-refractivity contribution is 6.33. The molecule has 0 unspecified atom stereocenters. The van der Waals surface area contributed by atoms with E-state index in [2.05, 4.69) is 37.5 Å². The molecule has 0 radical (unpaired) electrons. The monoisotopic (exact) mass is 574 g/mol. The van der Waals surface area contributed by atoms with Gasteiger partial charge in [-0.2, -0.15) is 0 Å². The first-order chi connectivity index (χ1) is 19.8. The Bertz CT molecular complexity index is 1560. The molecule has 4 aromatic rings. The van der Waals surface area contributed by atoms with Crippen molar-refractivity contribution in [1.82, 2.24) is 24.3 Å². The van der Waals surface area contributed by atoms with Crippen molar-refractivity contribution in [2.24, 2.45) is 0 Å². The van der Waals surface area contributed by atoms with Crippen molar-refractivity contribution < 1.29 is 14.6 Å². The van der Waals surface area contributed by atoms with Crippen LogP contribution in [0.1, 0.15) is 33.7 Å². The molecule has 2 saturated heterocycles. The SMILES string of the molecule is Cc1ccc(N(C)c2cc(CN3CCN(Cc4nc5ccc(C(=O)O)cc5n4C[C@@H]4CCO4)CC3)ccn2)c(Cl)c1. The van der Waals surface area contributed by atoms with Crippen molar-refractivity contribution in [2.45, 2.75) is 39.1 Å². The van der Waals surface area contributed by atoms with Crippen molar-refractivity contribution >= 4 is 40.1 Å². The van der Waals surface area contributed by atoms with Gasteiger partial charge in [0.05, 0.1) is 46.5 Å². The zero-order valence-electron chi connectivity index (χ0n) is 23.5. The van der Waals surface area contributed by atoms with Crippen LogP contribution in [0.2, 0.25) is 5.02 Å². The smallest absolute Gasteiger partial charge is 0.335 e. The van der Waals surface area contributed by atoms with E-state index in [0.29, 0.717) is 11.6 Å². The van der Waals surface area contributed by atoms with Gasteiger partial charge in [-0.15, -0.1) is 0 Å². The topological polar surface area (TPSA) is 87.0 Å². The normalized spacial score (nSPS) is 18.0. The third-order valence-electron chi connectivity index (χ3n) is 8.11. The number of piperazine rings is 1. The van der Waals surface area contributed by atoms with Crippen LogP contribution in [-0.4, -0.2) is 81.3 Å². The number of aromatic nitrogens is 3. The van der Waals surface area contributed by atoms with E-state index in [4.69, 9.17) is 21.3 Å². The van der Waals surface area contributed by atoms with E-state index >= 15 is 0 Å². The summed E-state index contributed by atoms with van der Waals surface area (Å²) in [5.74, 6) is 0.902. The predicted molar refractivity (Wildman–Crippen MR) is 160 cm³/mol. The number of pyridine rings is 1. The zero-order valence-corrected chi connectivity index (χ0v) is 24.2. The van der Waals surface area contributed by atoms with Crippen LogP contribution in [-0.2, 0) is 24.4 Å². The first-order valence-corrected chi connectivity index (χ1v) is 14.5. The lowest BCUT2D eigenvalue weighted by Gasteiger charge is -2.35. The molecule has 1 atom stereocenters. The lowest BCUT2D eigenvalue weighted by atomic mass is 10.1. The number of nitrogens with zero attached hydrogens (tertiary/aromatic N) is 6. The number of carboxylic acids is 1. The molecule has 2 aromatic heterocycles. The van der Waals surface area contributed by atoms with Gasteiger partial charge in [0.15, 0.2) is 0 Å². The number of rotatable bonds is 9. The molecule has 6 rings (SSSR count). The van der Waals surface area contributed by atoms with E-state index in [-0.39, 0.29) is 11.7 Å². The molecule has 2 aromatic carbocycles. The summed E-state index contributed by atoms with van der Waals surface area (Å²) in [5, 5.41) is 10.2. The van der Waals surface area contributed by atoms with Crippen molar-refractivity contribution in [2.75, 3.05) is 44.7 Å². The Balaban J connectivity index is 1.10. The van der Waals surface area contributed by atoms with Gasteiger partial charge >= 0.3 is 5.97 Å². The number of carbonyl (C=O) groups is 1. The predicted octanol–water partition coefficient (Wildman–Crippen LogP) is 4.97. The third-order valence-corrected chi connectivity index (χ3v) is 8.41. The number of fused-ring (bicyclic) bond motifs is 1. The second kappa shape index (κ2) is 11.8. The maximum absolute atomic E-state index is 11.6. The molecule has 4 heterocycles. The van der Waals surface area contributed by atoms with Crippen LogP contribution in [0.3, 0.4) is 0 Å². The average Bonchev–Trinajstić information content (AvgIpc) is 3.27. The number of aromatic carboxylic acids is 1. The standard InChI is InChI=1S/C31H35ClN6O3/c1-21-3-6-27(25(32)15-21)35(2)29-16-22(7-9-33-29)18-36-10-12-37(13-11-36)20-30-34-26-5-4-23(31(39)40)17-28(26)38(30)19-24-8-14-41-24/h3-7,9,15-17,24H,8,10-14,18-20H2,1-2H3,(H,39,40)/t24-/m0/s1. The Morgan fingerprint density at radius 2 is 1.83 bits per heavy atom. The molecule has 0 spiro atoms. The van der Waals surface area contributed by atoms with E-state index in [9.17, 15) is 9.90 Å². The van der Waals surface area contributed by atoms with E-state index in [1.165, 1.54) is 5.56 Å². The van der Waals surface area contributed by atoms with Gasteiger partial charge in [0.25, 0.3) is 0 Å². The van der Waals surface area contributed by atoms with Crippen LogP contribution in [0.5, 0.6) is 0 Å². The molecule has 2 aliphatic rings. The first kappa shape index (κ1) is 27.7. The molecule has 1 N–H and O–H groups in total. The van der Waals surface area contributed by atoms with Crippen LogP contribution >= 0.6 is 11.6 Å². The summed E-state index contributed by atoms with van der Waals surface area (Å²) in [4.78, 5) is 28.0. The van der Waals surface area contributed by atoms with Gasteiger partial charge in [0.1, 0.15) is 11.6 Å². The van der Waals surface area contributed by atoms with E-state index in [1.54, 1.807) is 12.1 Å². The number of benzene rings is 2. The van der Waals surface area contributed by atoms with Crippen LogP contribution in [0.4, 0.5) is 11.5 Å². The molecular formula is C31H35ClN6O3. The van der Waals surface area contributed by atoms with Crippen LogP contribution < -0.4 is 4.90 Å². The highest BCUT2D eigenvalue weighted by Crippen LogP contribution is 2.31. The Hall–Kier alpha value is -3.50. The van der Waals surface area contributed by atoms with Crippen molar-refractivity contribution in [1.29, 1.82) is 0 Å². The Labute approximate surface area is 244 Å². The molecule has 10 heteroatoms. The van der Waals surface area contributed by atoms with E-state index < -0.39 is 5.97 Å².